The monoisotopic (exact) mass is 352 g/mol. The van der Waals surface area contributed by atoms with Crippen LogP contribution in [0.2, 0.25) is 0 Å². The Kier molecular flexibility index (Phi) is 3.35. The molecule has 0 spiro atoms. The van der Waals surface area contributed by atoms with Gasteiger partial charge in [0, 0.05) is 12.3 Å². The topological polar surface area (TPSA) is 17.1 Å². The van der Waals surface area contributed by atoms with Gasteiger partial charge in [-0.3, -0.25) is 4.79 Å². The fourth-order valence-corrected chi connectivity index (χ4v) is 5.91. The van der Waals surface area contributed by atoms with E-state index in [1.165, 1.54) is 62.7 Å². The van der Waals surface area contributed by atoms with Crippen LogP contribution in [-0.4, -0.2) is 5.78 Å². The fraction of sp³-hybridized carbons (Fsp3) is 0.346. The molecule has 1 fully saturated rings. The smallest absolute Gasteiger partial charge is 0.140 e. The zero-order valence-corrected chi connectivity index (χ0v) is 15.7. The highest BCUT2D eigenvalue weighted by atomic mass is 16.1. The van der Waals surface area contributed by atoms with Crippen molar-refractivity contribution >= 4 is 38.1 Å². The van der Waals surface area contributed by atoms with Crippen molar-refractivity contribution in [3.63, 3.8) is 0 Å². The maximum atomic E-state index is 12.9. The Hall–Kier alpha value is -2.41. The van der Waals surface area contributed by atoms with E-state index in [4.69, 9.17) is 0 Å². The van der Waals surface area contributed by atoms with Crippen LogP contribution in [0.15, 0.2) is 42.5 Å². The van der Waals surface area contributed by atoms with Gasteiger partial charge in [0.15, 0.2) is 0 Å². The summed E-state index contributed by atoms with van der Waals surface area (Å²) in [6.07, 6.45) is 8.90. The van der Waals surface area contributed by atoms with Crippen LogP contribution in [0.1, 0.15) is 61.1 Å². The molecule has 0 bridgehead atoms. The predicted molar refractivity (Wildman–Crippen MR) is 113 cm³/mol. The molecule has 0 N–H and O–H groups in total. The molecule has 134 valence electrons. The van der Waals surface area contributed by atoms with Gasteiger partial charge in [0.2, 0.25) is 0 Å². The molecule has 0 amide bonds. The third-order valence-corrected chi connectivity index (χ3v) is 7.09. The van der Waals surface area contributed by atoms with E-state index in [0.717, 1.165) is 32.1 Å². The van der Waals surface area contributed by atoms with Gasteiger partial charge in [-0.05, 0) is 87.5 Å². The lowest BCUT2D eigenvalue weighted by molar-refractivity contribution is -0.121. The molecule has 1 saturated carbocycles. The largest absolute Gasteiger partial charge is 0.299 e. The van der Waals surface area contributed by atoms with Crippen LogP contribution < -0.4 is 0 Å². The van der Waals surface area contributed by atoms with Gasteiger partial charge in [0.25, 0.3) is 0 Å². The Labute approximate surface area is 159 Å². The van der Waals surface area contributed by atoms with Crippen molar-refractivity contribution in [1.82, 2.24) is 0 Å². The zero-order valence-electron chi connectivity index (χ0n) is 15.7. The average Bonchev–Trinajstić information content (AvgIpc) is 2.72. The fourth-order valence-electron chi connectivity index (χ4n) is 5.91. The Morgan fingerprint density at radius 2 is 1.37 bits per heavy atom. The van der Waals surface area contributed by atoms with Gasteiger partial charge in [-0.15, -0.1) is 0 Å². The molecule has 6 rings (SSSR count). The van der Waals surface area contributed by atoms with Gasteiger partial charge in [0.1, 0.15) is 5.78 Å². The second kappa shape index (κ2) is 5.79. The lowest BCUT2D eigenvalue weighted by Crippen LogP contribution is -2.21. The van der Waals surface area contributed by atoms with Crippen molar-refractivity contribution in [1.29, 1.82) is 0 Å². The summed E-state index contributed by atoms with van der Waals surface area (Å²) >= 11 is 0. The first-order valence-corrected chi connectivity index (χ1v) is 10.6. The van der Waals surface area contributed by atoms with Crippen molar-refractivity contribution in [2.45, 2.75) is 57.3 Å². The van der Waals surface area contributed by atoms with Crippen molar-refractivity contribution < 1.29 is 4.79 Å². The molecule has 0 aliphatic heterocycles. The molecule has 0 heterocycles. The quantitative estimate of drug-likeness (QED) is 0.349. The summed E-state index contributed by atoms with van der Waals surface area (Å²) in [4.78, 5) is 12.9. The minimum atomic E-state index is 0.121. The Balaban J connectivity index is 1.81. The molecule has 1 unspecified atom stereocenters. The lowest BCUT2D eigenvalue weighted by Gasteiger charge is -2.30. The first-order valence-electron chi connectivity index (χ1n) is 10.6. The predicted octanol–water partition coefficient (Wildman–Crippen LogP) is 6.69. The third kappa shape index (κ3) is 2.15. The average molecular weight is 352 g/mol. The van der Waals surface area contributed by atoms with Crippen LogP contribution in [0.4, 0.5) is 0 Å². The molecular formula is C26H24O. The van der Waals surface area contributed by atoms with E-state index in [-0.39, 0.29) is 5.92 Å². The summed E-state index contributed by atoms with van der Waals surface area (Å²) in [5.41, 5.74) is 4.47. The molecule has 4 aromatic rings. The number of hydrogen-bond acceptors (Lipinski definition) is 1. The van der Waals surface area contributed by atoms with E-state index in [0.29, 0.717) is 5.78 Å². The summed E-state index contributed by atoms with van der Waals surface area (Å²) in [5.74, 6) is 0.597. The summed E-state index contributed by atoms with van der Waals surface area (Å²) < 4.78 is 0. The molecule has 2 aliphatic rings. The number of aryl methyl sites for hydroxylation is 1. The van der Waals surface area contributed by atoms with Crippen LogP contribution in [0.3, 0.4) is 0 Å². The summed E-state index contributed by atoms with van der Waals surface area (Å²) in [6.45, 7) is 0. The molecular weight excluding hydrogens is 328 g/mol. The number of ketones is 1. The maximum Gasteiger partial charge on any atom is 0.140 e. The van der Waals surface area contributed by atoms with Gasteiger partial charge in [-0.25, -0.2) is 0 Å². The Bertz CT molecular complexity index is 1180. The number of rotatable bonds is 1. The summed E-state index contributed by atoms with van der Waals surface area (Å²) in [6, 6.07) is 15.8. The van der Waals surface area contributed by atoms with E-state index in [2.05, 4.69) is 42.5 Å². The first kappa shape index (κ1) is 15.6. The standard InChI is InChI=1S/C26H24O/c27-23-11-4-3-10-21(23)25-19-9-2-1-8-18(19)20-14-12-16-6-5-7-17-13-15-22(25)26(20)24(16)17/h5-7,12-15,21H,1-4,8-11H2. The molecule has 2 aliphatic carbocycles. The van der Waals surface area contributed by atoms with Crippen molar-refractivity contribution in [2.24, 2.45) is 0 Å². The van der Waals surface area contributed by atoms with Gasteiger partial charge in [-0.2, -0.15) is 0 Å². The van der Waals surface area contributed by atoms with E-state index in [1.54, 1.807) is 5.56 Å². The number of carbonyl (C=O) groups is 1. The van der Waals surface area contributed by atoms with E-state index in [1.807, 2.05) is 0 Å². The van der Waals surface area contributed by atoms with Gasteiger partial charge in [-0.1, -0.05) is 48.9 Å². The highest BCUT2D eigenvalue weighted by Gasteiger charge is 2.31. The maximum absolute atomic E-state index is 12.9. The van der Waals surface area contributed by atoms with Crippen molar-refractivity contribution in [3.8, 4) is 0 Å². The summed E-state index contributed by atoms with van der Waals surface area (Å²) in [5, 5.41) is 8.25. The minimum absolute atomic E-state index is 0.121. The van der Waals surface area contributed by atoms with Gasteiger partial charge in [0.05, 0.1) is 0 Å². The molecule has 0 radical (unpaired) electrons. The zero-order chi connectivity index (χ0) is 18.0. The van der Waals surface area contributed by atoms with Crippen LogP contribution in [-0.2, 0) is 17.6 Å². The van der Waals surface area contributed by atoms with Gasteiger partial charge >= 0.3 is 0 Å². The normalized spacial score (nSPS) is 20.6. The van der Waals surface area contributed by atoms with Crippen LogP contribution >= 0.6 is 0 Å². The van der Waals surface area contributed by atoms with Crippen LogP contribution in [0, 0.1) is 0 Å². The molecule has 27 heavy (non-hydrogen) atoms. The Morgan fingerprint density at radius 1 is 0.667 bits per heavy atom. The van der Waals surface area contributed by atoms with E-state index >= 15 is 0 Å². The molecule has 1 heteroatoms. The van der Waals surface area contributed by atoms with Gasteiger partial charge < -0.3 is 0 Å². The third-order valence-electron chi connectivity index (χ3n) is 7.09. The summed E-state index contributed by atoms with van der Waals surface area (Å²) in [7, 11) is 0. The van der Waals surface area contributed by atoms with Crippen molar-refractivity contribution in [2.75, 3.05) is 0 Å². The highest BCUT2D eigenvalue weighted by Crippen LogP contribution is 2.46. The first-order chi connectivity index (χ1) is 13.3. The second-order valence-electron chi connectivity index (χ2n) is 8.52. The number of hydrogen-bond donors (Lipinski definition) is 0. The minimum Gasteiger partial charge on any atom is -0.299 e. The van der Waals surface area contributed by atoms with E-state index in [9.17, 15) is 4.79 Å². The molecule has 0 saturated heterocycles. The van der Waals surface area contributed by atoms with Crippen LogP contribution in [0.5, 0.6) is 0 Å². The Morgan fingerprint density at radius 3 is 2.15 bits per heavy atom. The molecule has 1 atom stereocenters. The van der Waals surface area contributed by atoms with Crippen molar-refractivity contribution in [3.05, 3.63) is 59.2 Å². The lowest BCUT2D eigenvalue weighted by atomic mass is 9.73. The number of fused-ring (bicyclic) bond motifs is 2. The molecule has 1 nitrogen and oxygen atoms in total. The number of carbonyl (C=O) groups excluding carboxylic acids is 1. The SMILES string of the molecule is O=C1CCCCC1c1c2c(c3ccc4cccc5ccc1c3c45)CCCC2. The van der Waals surface area contributed by atoms with Crippen LogP contribution in [0.25, 0.3) is 32.3 Å². The molecule has 0 aromatic heterocycles. The number of benzene rings is 4. The number of Topliss-reactive ketones (excluding diaryl/α,β-unsaturated/α-hetero) is 1. The second-order valence-corrected chi connectivity index (χ2v) is 8.52. The van der Waals surface area contributed by atoms with E-state index < -0.39 is 0 Å². The highest BCUT2D eigenvalue weighted by molar-refractivity contribution is 6.25. The molecule has 4 aromatic carbocycles.